The van der Waals surface area contributed by atoms with Crippen LogP contribution in [-0.2, 0) is 6.42 Å². The monoisotopic (exact) mass is 400 g/mol. The maximum absolute atomic E-state index is 4.91. The molecule has 1 aliphatic heterocycles. The van der Waals surface area contributed by atoms with Crippen LogP contribution in [0.2, 0.25) is 0 Å². The van der Waals surface area contributed by atoms with Gasteiger partial charge in [0.05, 0.1) is 6.04 Å². The van der Waals surface area contributed by atoms with Crippen LogP contribution in [0, 0.1) is 20.8 Å². The van der Waals surface area contributed by atoms with Gasteiger partial charge in [-0.3, -0.25) is 0 Å². The maximum Gasteiger partial charge on any atom is 0.228 e. The van der Waals surface area contributed by atoms with Crippen molar-refractivity contribution < 1.29 is 0 Å². The number of nitrogens with one attached hydrogen (secondary N) is 1. The third-order valence-electron chi connectivity index (χ3n) is 5.28. The number of rotatable bonds is 3. The first-order valence-electron chi connectivity index (χ1n) is 9.05. The minimum absolute atomic E-state index is 0. The number of fused-ring (bicyclic) bond motifs is 1. The lowest BCUT2D eigenvalue weighted by Crippen LogP contribution is -2.34. The smallest absolute Gasteiger partial charge is 0.228 e. The number of aryl methyl sites for hydroxylation is 2. The molecule has 0 amide bonds. The molecule has 1 aromatic carbocycles. The predicted octanol–water partition coefficient (Wildman–Crippen LogP) is 5.75. The number of anilines is 3. The van der Waals surface area contributed by atoms with Crippen LogP contribution >= 0.6 is 23.7 Å². The first-order chi connectivity index (χ1) is 12.5. The lowest BCUT2D eigenvalue weighted by atomic mass is 10.0. The van der Waals surface area contributed by atoms with Crippen molar-refractivity contribution in [2.45, 2.75) is 40.2 Å². The van der Waals surface area contributed by atoms with Crippen molar-refractivity contribution in [2.24, 2.45) is 0 Å². The average molecular weight is 401 g/mol. The number of hydrogen-bond acceptors (Lipinski definition) is 5. The standard InChI is InChI=1S/C21H24N4S.ClH/c1-13-7-5-6-8-18(13)23-20-14(2)15(3)22-21(24-20)25-11-9-17-10-12-26-19(17)16(25)4;/h5-8,10,12,16H,9,11H2,1-4H3,(H,22,23,24);1H. The second-order valence-corrected chi connectivity index (χ2v) is 7.90. The third kappa shape index (κ3) is 3.66. The van der Waals surface area contributed by atoms with E-state index in [0.717, 1.165) is 41.7 Å². The van der Waals surface area contributed by atoms with Crippen molar-refractivity contribution in [1.29, 1.82) is 0 Å². The molecule has 0 saturated heterocycles. The van der Waals surface area contributed by atoms with Gasteiger partial charge in [-0.25, -0.2) is 4.98 Å². The number of hydrogen-bond donors (Lipinski definition) is 1. The number of halogens is 1. The number of nitrogens with zero attached hydrogens (tertiary/aromatic N) is 3. The van der Waals surface area contributed by atoms with E-state index in [2.05, 4.69) is 67.6 Å². The van der Waals surface area contributed by atoms with E-state index in [1.165, 1.54) is 16.0 Å². The summed E-state index contributed by atoms with van der Waals surface area (Å²) in [5.41, 5.74) is 5.89. The molecule has 1 atom stereocenters. The van der Waals surface area contributed by atoms with Gasteiger partial charge in [0.15, 0.2) is 0 Å². The zero-order chi connectivity index (χ0) is 18.3. The topological polar surface area (TPSA) is 41.1 Å². The van der Waals surface area contributed by atoms with Crippen molar-refractivity contribution in [3.05, 3.63) is 63.0 Å². The van der Waals surface area contributed by atoms with Gasteiger partial charge in [0, 0.05) is 28.4 Å². The molecule has 0 radical (unpaired) electrons. The van der Waals surface area contributed by atoms with E-state index in [0.29, 0.717) is 6.04 Å². The molecule has 1 aliphatic rings. The molecule has 0 saturated carbocycles. The molecule has 4 rings (SSSR count). The molecule has 1 unspecified atom stereocenters. The van der Waals surface area contributed by atoms with Crippen LogP contribution in [-0.4, -0.2) is 16.5 Å². The predicted molar refractivity (Wildman–Crippen MR) is 117 cm³/mol. The SMILES string of the molecule is Cc1ccccc1Nc1nc(N2CCc3ccsc3C2C)nc(C)c1C.Cl. The summed E-state index contributed by atoms with van der Waals surface area (Å²) in [6.07, 6.45) is 1.06. The summed E-state index contributed by atoms with van der Waals surface area (Å²) in [4.78, 5) is 13.5. The van der Waals surface area contributed by atoms with Crippen LogP contribution in [0.1, 0.15) is 40.2 Å². The van der Waals surface area contributed by atoms with E-state index in [-0.39, 0.29) is 12.4 Å². The van der Waals surface area contributed by atoms with E-state index in [1.807, 2.05) is 17.4 Å². The zero-order valence-corrected chi connectivity index (χ0v) is 17.7. The second kappa shape index (κ2) is 7.87. The molecule has 4 nitrogen and oxygen atoms in total. The van der Waals surface area contributed by atoms with Crippen LogP contribution < -0.4 is 10.2 Å². The summed E-state index contributed by atoms with van der Waals surface area (Å²) in [5.74, 6) is 1.71. The van der Waals surface area contributed by atoms with Crippen molar-refractivity contribution in [2.75, 3.05) is 16.8 Å². The van der Waals surface area contributed by atoms with Gasteiger partial charge >= 0.3 is 0 Å². The summed E-state index contributed by atoms with van der Waals surface area (Å²) in [7, 11) is 0. The van der Waals surface area contributed by atoms with Crippen LogP contribution in [0.25, 0.3) is 0 Å². The molecule has 0 spiro atoms. The summed E-state index contributed by atoms with van der Waals surface area (Å²) < 4.78 is 0. The van der Waals surface area contributed by atoms with Crippen molar-refractivity contribution >= 4 is 41.2 Å². The number of para-hydroxylation sites is 1. The van der Waals surface area contributed by atoms with Crippen LogP contribution in [0.15, 0.2) is 35.7 Å². The van der Waals surface area contributed by atoms with Crippen LogP contribution in [0.3, 0.4) is 0 Å². The lowest BCUT2D eigenvalue weighted by molar-refractivity contribution is 0.619. The maximum atomic E-state index is 4.91. The van der Waals surface area contributed by atoms with E-state index in [1.54, 1.807) is 0 Å². The summed E-state index contributed by atoms with van der Waals surface area (Å²) in [6.45, 7) is 9.46. The largest absolute Gasteiger partial charge is 0.340 e. The molecular formula is C21H25ClN4S. The molecule has 3 heterocycles. The summed E-state index contributed by atoms with van der Waals surface area (Å²) >= 11 is 1.84. The van der Waals surface area contributed by atoms with Gasteiger partial charge in [-0.1, -0.05) is 18.2 Å². The zero-order valence-electron chi connectivity index (χ0n) is 16.1. The van der Waals surface area contributed by atoms with Crippen molar-refractivity contribution in [1.82, 2.24) is 9.97 Å². The first kappa shape index (κ1) is 19.6. The second-order valence-electron chi connectivity index (χ2n) is 6.95. The van der Waals surface area contributed by atoms with Gasteiger partial charge in [0.1, 0.15) is 5.82 Å². The van der Waals surface area contributed by atoms with Crippen LogP contribution in [0.4, 0.5) is 17.5 Å². The Kier molecular flexibility index (Phi) is 5.72. The van der Waals surface area contributed by atoms with Gasteiger partial charge in [-0.05, 0) is 62.8 Å². The molecular weight excluding hydrogens is 376 g/mol. The lowest BCUT2D eigenvalue weighted by Gasteiger charge is -2.34. The molecule has 0 bridgehead atoms. The van der Waals surface area contributed by atoms with E-state index >= 15 is 0 Å². The third-order valence-corrected chi connectivity index (χ3v) is 6.41. The molecule has 1 N–H and O–H groups in total. The average Bonchev–Trinajstić information content (AvgIpc) is 3.11. The number of aromatic nitrogens is 2. The molecule has 27 heavy (non-hydrogen) atoms. The molecule has 142 valence electrons. The highest BCUT2D eigenvalue weighted by atomic mass is 35.5. The van der Waals surface area contributed by atoms with E-state index in [9.17, 15) is 0 Å². The Morgan fingerprint density at radius 1 is 1.11 bits per heavy atom. The minimum Gasteiger partial charge on any atom is -0.340 e. The molecule has 0 aliphatic carbocycles. The summed E-state index contributed by atoms with van der Waals surface area (Å²) in [6, 6.07) is 10.9. The summed E-state index contributed by atoms with van der Waals surface area (Å²) in [5, 5.41) is 5.71. The Bertz CT molecular complexity index is 953. The Morgan fingerprint density at radius 3 is 2.67 bits per heavy atom. The molecule has 0 fully saturated rings. The fourth-order valence-electron chi connectivity index (χ4n) is 3.47. The Labute approximate surface area is 171 Å². The van der Waals surface area contributed by atoms with E-state index in [4.69, 9.17) is 9.97 Å². The first-order valence-corrected chi connectivity index (χ1v) is 9.93. The highest BCUT2D eigenvalue weighted by Crippen LogP contribution is 2.36. The normalized spacial score (nSPS) is 15.9. The Hall–Kier alpha value is -2.11. The van der Waals surface area contributed by atoms with Gasteiger partial charge in [-0.15, -0.1) is 23.7 Å². The van der Waals surface area contributed by atoms with E-state index < -0.39 is 0 Å². The van der Waals surface area contributed by atoms with Gasteiger partial charge in [-0.2, -0.15) is 4.98 Å². The van der Waals surface area contributed by atoms with Crippen LogP contribution in [0.5, 0.6) is 0 Å². The Morgan fingerprint density at radius 2 is 1.89 bits per heavy atom. The molecule has 3 aromatic rings. The molecule has 2 aromatic heterocycles. The minimum atomic E-state index is 0. The molecule has 6 heteroatoms. The highest BCUT2D eigenvalue weighted by Gasteiger charge is 2.27. The van der Waals surface area contributed by atoms with Gasteiger partial charge in [0.2, 0.25) is 5.95 Å². The Balaban J connectivity index is 0.00000210. The van der Waals surface area contributed by atoms with Gasteiger partial charge in [0.25, 0.3) is 0 Å². The fraction of sp³-hybridized carbons (Fsp3) is 0.333. The van der Waals surface area contributed by atoms with Gasteiger partial charge < -0.3 is 10.2 Å². The quantitative estimate of drug-likeness (QED) is 0.607. The van der Waals surface area contributed by atoms with Crippen molar-refractivity contribution in [3.63, 3.8) is 0 Å². The highest BCUT2D eigenvalue weighted by molar-refractivity contribution is 7.10. The number of benzene rings is 1. The fourth-order valence-corrected chi connectivity index (χ4v) is 4.50. The number of thiophene rings is 1. The van der Waals surface area contributed by atoms with Crippen molar-refractivity contribution in [3.8, 4) is 0 Å².